The number of imidazole rings is 1. The van der Waals surface area contributed by atoms with Crippen LogP contribution in [-0.4, -0.2) is 21.2 Å². The molecule has 1 aromatic heterocycles. The molecule has 0 fully saturated rings. The molecule has 0 saturated carbocycles. The number of carbonyl (C=O) groups is 1. The fourth-order valence-electron chi connectivity index (χ4n) is 2.38. The molecule has 0 aliphatic heterocycles. The van der Waals surface area contributed by atoms with E-state index in [1.54, 1.807) is 0 Å². The highest BCUT2D eigenvalue weighted by Gasteiger charge is 2.11. The lowest BCUT2D eigenvalue weighted by Gasteiger charge is -2.07. The maximum absolute atomic E-state index is 12.1. The smallest absolute Gasteiger partial charge is 0.234 e. The highest BCUT2D eigenvalue weighted by Crippen LogP contribution is 2.26. The Morgan fingerprint density at radius 2 is 1.84 bits per heavy atom. The molecule has 0 radical (unpaired) electrons. The molecule has 4 nitrogen and oxygen atoms in total. The summed E-state index contributed by atoms with van der Waals surface area (Å²) in [5.41, 5.74) is 3.99. The Bertz CT molecular complexity index is 873. The predicted octanol–water partition coefficient (Wildman–Crippen LogP) is 4.78. The summed E-state index contributed by atoms with van der Waals surface area (Å²) in [5, 5.41) is 4.39. The van der Waals surface area contributed by atoms with Crippen molar-refractivity contribution in [2.75, 3.05) is 11.1 Å². The number of anilines is 1. The van der Waals surface area contributed by atoms with E-state index < -0.39 is 0 Å². The number of benzene rings is 2. The van der Waals surface area contributed by atoms with E-state index in [0.29, 0.717) is 10.8 Å². The average Bonchev–Trinajstić information content (AvgIpc) is 2.97. The summed E-state index contributed by atoms with van der Waals surface area (Å²) in [4.78, 5) is 16.5. The number of aromatic nitrogens is 2. The molecule has 1 N–H and O–H groups in total. The van der Waals surface area contributed by atoms with Crippen molar-refractivity contribution in [3.8, 4) is 11.3 Å². The van der Waals surface area contributed by atoms with Gasteiger partial charge in [0.25, 0.3) is 0 Å². The second-order valence-corrected chi connectivity index (χ2v) is 7.07. The maximum atomic E-state index is 12.1. The van der Waals surface area contributed by atoms with Gasteiger partial charge in [-0.2, -0.15) is 0 Å². The minimum Gasteiger partial charge on any atom is -0.325 e. The molecule has 1 heterocycles. The molecule has 3 rings (SSSR count). The van der Waals surface area contributed by atoms with Gasteiger partial charge in [-0.25, -0.2) is 4.98 Å². The summed E-state index contributed by atoms with van der Waals surface area (Å²) < 4.78 is 1.98. The monoisotopic (exact) mass is 371 g/mol. The van der Waals surface area contributed by atoms with Crippen molar-refractivity contribution < 1.29 is 4.79 Å². The first-order chi connectivity index (χ1) is 12.0. The molecule has 1 amide bonds. The van der Waals surface area contributed by atoms with E-state index in [2.05, 4.69) is 10.3 Å². The fraction of sp³-hybridized carbons (Fsp3) is 0.158. The highest BCUT2D eigenvalue weighted by atomic mass is 35.5. The molecule has 25 heavy (non-hydrogen) atoms. The molecule has 0 saturated heterocycles. The highest BCUT2D eigenvalue weighted by molar-refractivity contribution is 7.99. The zero-order valence-electron chi connectivity index (χ0n) is 14.0. The number of carbonyl (C=O) groups excluding carboxylic acids is 1. The molecular formula is C19H18ClN3OS. The number of aryl methyl sites for hydroxylation is 1. The quantitative estimate of drug-likeness (QED) is 0.656. The van der Waals surface area contributed by atoms with Gasteiger partial charge in [0, 0.05) is 17.8 Å². The number of amides is 1. The lowest BCUT2D eigenvalue weighted by molar-refractivity contribution is -0.113. The zero-order chi connectivity index (χ0) is 17.8. The van der Waals surface area contributed by atoms with Crippen LogP contribution >= 0.6 is 23.4 Å². The Hall–Kier alpha value is -2.24. The Morgan fingerprint density at radius 3 is 2.52 bits per heavy atom. The van der Waals surface area contributed by atoms with Crippen LogP contribution < -0.4 is 5.32 Å². The van der Waals surface area contributed by atoms with Crippen LogP contribution in [0.1, 0.15) is 5.56 Å². The molecule has 0 spiro atoms. The molecule has 0 aliphatic rings. The van der Waals surface area contributed by atoms with Crippen molar-refractivity contribution in [3.05, 3.63) is 65.3 Å². The lowest BCUT2D eigenvalue weighted by atomic mass is 10.2. The number of hydrogen-bond donors (Lipinski definition) is 1. The third-order valence-corrected chi connectivity index (χ3v) is 5.05. The van der Waals surface area contributed by atoms with E-state index in [-0.39, 0.29) is 5.91 Å². The summed E-state index contributed by atoms with van der Waals surface area (Å²) in [7, 11) is 1.94. The average molecular weight is 372 g/mol. The van der Waals surface area contributed by atoms with Crippen molar-refractivity contribution in [3.63, 3.8) is 0 Å². The van der Waals surface area contributed by atoms with Gasteiger partial charge in [0.2, 0.25) is 5.91 Å². The van der Waals surface area contributed by atoms with Crippen LogP contribution in [0.5, 0.6) is 0 Å². The third-order valence-electron chi connectivity index (χ3n) is 3.75. The number of hydrogen-bond acceptors (Lipinski definition) is 3. The topological polar surface area (TPSA) is 46.9 Å². The molecule has 128 valence electrons. The number of nitrogens with one attached hydrogen (secondary N) is 1. The van der Waals surface area contributed by atoms with E-state index in [0.717, 1.165) is 27.7 Å². The van der Waals surface area contributed by atoms with E-state index in [1.807, 2.05) is 73.3 Å². The SMILES string of the molecule is Cc1ccc(NC(=O)CSc2ncc(-c3ccc(Cl)cc3)n2C)cc1. The summed E-state index contributed by atoms with van der Waals surface area (Å²) in [5.74, 6) is 0.253. The Balaban J connectivity index is 1.62. The first-order valence-electron chi connectivity index (χ1n) is 7.80. The van der Waals surface area contributed by atoms with Gasteiger partial charge in [0.05, 0.1) is 17.6 Å². The molecule has 0 aliphatic carbocycles. The summed E-state index contributed by atoms with van der Waals surface area (Å²) in [6, 6.07) is 15.4. The van der Waals surface area contributed by atoms with Gasteiger partial charge in [0.15, 0.2) is 5.16 Å². The first-order valence-corrected chi connectivity index (χ1v) is 9.16. The van der Waals surface area contributed by atoms with Gasteiger partial charge >= 0.3 is 0 Å². The van der Waals surface area contributed by atoms with E-state index in [1.165, 1.54) is 11.8 Å². The number of thioether (sulfide) groups is 1. The molecule has 6 heteroatoms. The normalized spacial score (nSPS) is 10.7. The van der Waals surface area contributed by atoms with E-state index >= 15 is 0 Å². The standard InChI is InChI=1S/C19H18ClN3OS/c1-13-3-9-16(10-4-13)22-18(24)12-25-19-21-11-17(23(19)2)14-5-7-15(20)8-6-14/h3-11H,12H2,1-2H3,(H,22,24). The molecular weight excluding hydrogens is 354 g/mol. The Kier molecular flexibility index (Phi) is 5.46. The zero-order valence-corrected chi connectivity index (χ0v) is 15.6. The van der Waals surface area contributed by atoms with Crippen LogP contribution in [0.25, 0.3) is 11.3 Å². The van der Waals surface area contributed by atoms with Crippen LogP contribution in [-0.2, 0) is 11.8 Å². The number of rotatable bonds is 5. The van der Waals surface area contributed by atoms with Crippen LogP contribution in [0, 0.1) is 6.92 Å². The van der Waals surface area contributed by atoms with Crippen molar-refractivity contribution in [1.29, 1.82) is 0 Å². The molecule has 0 atom stereocenters. The molecule has 0 bridgehead atoms. The first kappa shape index (κ1) is 17.6. The minimum atomic E-state index is -0.0510. The predicted molar refractivity (Wildman–Crippen MR) is 104 cm³/mol. The second-order valence-electron chi connectivity index (χ2n) is 5.69. The van der Waals surface area contributed by atoms with Crippen LogP contribution in [0.15, 0.2) is 59.9 Å². The third kappa shape index (κ3) is 4.44. The largest absolute Gasteiger partial charge is 0.325 e. The molecule has 3 aromatic rings. The van der Waals surface area contributed by atoms with Crippen molar-refractivity contribution in [1.82, 2.24) is 9.55 Å². The molecule has 0 unspecified atom stereocenters. The van der Waals surface area contributed by atoms with Gasteiger partial charge in [-0.05, 0) is 36.8 Å². The van der Waals surface area contributed by atoms with Crippen molar-refractivity contribution >= 4 is 35.0 Å². The van der Waals surface area contributed by atoms with E-state index in [4.69, 9.17) is 11.6 Å². The minimum absolute atomic E-state index is 0.0510. The Morgan fingerprint density at radius 1 is 1.16 bits per heavy atom. The van der Waals surface area contributed by atoms with Gasteiger partial charge in [-0.15, -0.1) is 0 Å². The van der Waals surface area contributed by atoms with Gasteiger partial charge in [0.1, 0.15) is 0 Å². The summed E-state index contributed by atoms with van der Waals surface area (Å²) in [6.45, 7) is 2.01. The summed E-state index contributed by atoms with van der Waals surface area (Å²) in [6.07, 6.45) is 1.81. The van der Waals surface area contributed by atoms with Crippen LogP contribution in [0.2, 0.25) is 5.02 Å². The second kappa shape index (κ2) is 7.76. The summed E-state index contributed by atoms with van der Waals surface area (Å²) >= 11 is 7.34. The lowest BCUT2D eigenvalue weighted by Crippen LogP contribution is -2.14. The van der Waals surface area contributed by atoms with Gasteiger partial charge in [-0.3, -0.25) is 4.79 Å². The Labute approximate surface area is 156 Å². The van der Waals surface area contributed by atoms with Crippen LogP contribution in [0.4, 0.5) is 5.69 Å². The fourth-order valence-corrected chi connectivity index (χ4v) is 3.26. The molecule has 2 aromatic carbocycles. The van der Waals surface area contributed by atoms with Crippen molar-refractivity contribution in [2.45, 2.75) is 12.1 Å². The van der Waals surface area contributed by atoms with E-state index in [9.17, 15) is 4.79 Å². The number of halogens is 1. The van der Waals surface area contributed by atoms with Gasteiger partial charge < -0.3 is 9.88 Å². The van der Waals surface area contributed by atoms with Crippen LogP contribution in [0.3, 0.4) is 0 Å². The van der Waals surface area contributed by atoms with Gasteiger partial charge in [-0.1, -0.05) is 53.2 Å². The van der Waals surface area contributed by atoms with Crippen molar-refractivity contribution in [2.24, 2.45) is 7.05 Å². The number of nitrogens with zero attached hydrogens (tertiary/aromatic N) is 2. The maximum Gasteiger partial charge on any atom is 0.234 e.